The third-order valence-corrected chi connectivity index (χ3v) is 3.61. The van der Waals surface area contributed by atoms with Crippen LogP contribution in [0.5, 0.6) is 0 Å². The highest BCUT2D eigenvalue weighted by Gasteiger charge is 2.38. The Kier molecular flexibility index (Phi) is 2.70. The van der Waals surface area contributed by atoms with Crippen molar-refractivity contribution < 1.29 is 0 Å². The normalized spacial score (nSPS) is 17.3. The Labute approximate surface area is 98.4 Å². The first kappa shape index (κ1) is 11.5. The second-order valence-electron chi connectivity index (χ2n) is 5.50. The van der Waals surface area contributed by atoms with Crippen molar-refractivity contribution in [2.45, 2.75) is 38.6 Å². The van der Waals surface area contributed by atoms with E-state index in [1.54, 1.807) is 0 Å². The van der Waals surface area contributed by atoms with Gasteiger partial charge in [-0.25, -0.2) is 0 Å². The predicted octanol–water partition coefficient (Wildman–Crippen LogP) is 2.40. The van der Waals surface area contributed by atoms with Crippen LogP contribution in [0, 0.1) is 13.8 Å². The van der Waals surface area contributed by atoms with Crippen LogP contribution < -0.4 is 10.6 Å². The molecule has 1 fully saturated rings. The molecule has 0 radical (unpaired) electrons. The Morgan fingerprint density at radius 1 is 1.19 bits per heavy atom. The van der Waals surface area contributed by atoms with E-state index in [0.29, 0.717) is 0 Å². The second-order valence-corrected chi connectivity index (χ2v) is 5.50. The number of nitrogens with two attached hydrogens (primary N) is 1. The molecule has 0 atom stereocenters. The van der Waals surface area contributed by atoms with E-state index < -0.39 is 0 Å². The topological polar surface area (TPSA) is 29.3 Å². The maximum atomic E-state index is 6.22. The molecular weight excluding hydrogens is 196 g/mol. The summed E-state index contributed by atoms with van der Waals surface area (Å²) in [5, 5.41) is 0. The van der Waals surface area contributed by atoms with Gasteiger partial charge in [0.05, 0.1) is 0 Å². The smallest absolute Gasteiger partial charge is 0.0397 e. The summed E-state index contributed by atoms with van der Waals surface area (Å²) in [5.74, 6) is 0. The first-order valence-electron chi connectivity index (χ1n) is 5.98. The fourth-order valence-electron chi connectivity index (χ4n) is 2.14. The average molecular weight is 218 g/mol. The lowest BCUT2D eigenvalue weighted by Crippen LogP contribution is -2.26. The minimum atomic E-state index is 0.0897. The molecule has 0 saturated heterocycles. The van der Waals surface area contributed by atoms with E-state index in [1.807, 2.05) is 0 Å². The SMILES string of the molecule is Cc1cc(CC2(N)CC2)c(N(C)C)cc1C. The van der Waals surface area contributed by atoms with E-state index in [2.05, 4.69) is 45.0 Å². The van der Waals surface area contributed by atoms with Gasteiger partial charge in [-0.2, -0.15) is 0 Å². The molecule has 2 nitrogen and oxygen atoms in total. The van der Waals surface area contributed by atoms with E-state index in [-0.39, 0.29) is 5.54 Å². The third kappa shape index (κ3) is 2.22. The van der Waals surface area contributed by atoms with Gasteiger partial charge in [-0.3, -0.25) is 0 Å². The zero-order chi connectivity index (χ0) is 11.9. The summed E-state index contributed by atoms with van der Waals surface area (Å²) in [6, 6.07) is 4.58. The molecule has 16 heavy (non-hydrogen) atoms. The van der Waals surface area contributed by atoms with Gasteiger partial charge in [0.25, 0.3) is 0 Å². The molecule has 0 aromatic heterocycles. The highest BCUT2D eigenvalue weighted by Crippen LogP contribution is 2.38. The Bertz CT molecular complexity index is 403. The summed E-state index contributed by atoms with van der Waals surface area (Å²) in [5.41, 5.74) is 11.7. The lowest BCUT2D eigenvalue weighted by molar-refractivity contribution is 0.671. The molecule has 0 spiro atoms. The van der Waals surface area contributed by atoms with Crippen LogP contribution in [0.15, 0.2) is 12.1 Å². The van der Waals surface area contributed by atoms with Gasteiger partial charge in [-0.1, -0.05) is 6.07 Å². The Hall–Kier alpha value is -1.02. The van der Waals surface area contributed by atoms with Crippen molar-refractivity contribution >= 4 is 5.69 Å². The number of aryl methyl sites for hydroxylation is 2. The Morgan fingerprint density at radius 2 is 1.75 bits per heavy atom. The van der Waals surface area contributed by atoms with Crippen LogP contribution in [-0.2, 0) is 6.42 Å². The highest BCUT2D eigenvalue weighted by molar-refractivity contribution is 5.57. The van der Waals surface area contributed by atoms with Gasteiger partial charge in [-0.05, 0) is 55.9 Å². The number of nitrogens with zero attached hydrogens (tertiary/aromatic N) is 1. The molecule has 88 valence electrons. The second kappa shape index (κ2) is 3.77. The minimum absolute atomic E-state index is 0.0897. The average Bonchev–Trinajstić information content (AvgIpc) is 2.89. The van der Waals surface area contributed by atoms with Crippen molar-refractivity contribution in [1.29, 1.82) is 0 Å². The van der Waals surface area contributed by atoms with E-state index in [0.717, 1.165) is 6.42 Å². The van der Waals surface area contributed by atoms with Crippen molar-refractivity contribution in [2.24, 2.45) is 5.73 Å². The van der Waals surface area contributed by atoms with Crippen LogP contribution in [0.3, 0.4) is 0 Å². The van der Waals surface area contributed by atoms with E-state index in [4.69, 9.17) is 5.73 Å². The predicted molar refractivity (Wildman–Crippen MR) is 70.1 cm³/mol. The van der Waals surface area contributed by atoms with Gasteiger partial charge in [0.15, 0.2) is 0 Å². The first-order valence-corrected chi connectivity index (χ1v) is 5.98. The molecule has 1 aromatic carbocycles. The van der Waals surface area contributed by atoms with Crippen molar-refractivity contribution in [3.05, 3.63) is 28.8 Å². The van der Waals surface area contributed by atoms with Crippen LogP contribution >= 0.6 is 0 Å². The summed E-state index contributed by atoms with van der Waals surface area (Å²) >= 11 is 0. The Balaban J connectivity index is 2.37. The molecule has 0 unspecified atom stereocenters. The van der Waals surface area contributed by atoms with Gasteiger partial charge >= 0.3 is 0 Å². The number of anilines is 1. The summed E-state index contributed by atoms with van der Waals surface area (Å²) in [7, 11) is 4.20. The van der Waals surface area contributed by atoms with Crippen LogP contribution in [0.2, 0.25) is 0 Å². The van der Waals surface area contributed by atoms with Crippen molar-refractivity contribution in [1.82, 2.24) is 0 Å². The molecule has 0 aliphatic heterocycles. The molecule has 2 N–H and O–H groups in total. The zero-order valence-electron chi connectivity index (χ0n) is 10.8. The molecule has 0 bridgehead atoms. The number of hydrogen-bond donors (Lipinski definition) is 1. The van der Waals surface area contributed by atoms with Crippen molar-refractivity contribution in [2.75, 3.05) is 19.0 Å². The van der Waals surface area contributed by atoms with Gasteiger partial charge in [0.1, 0.15) is 0 Å². The van der Waals surface area contributed by atoms with Gasteiger partial charge < -0.3 is 10.6 Å². The summed E-state index contributed by atoms with van der Waals surface area (Å²) < 4.78 is 0. The number of rotatable bonds is 3. The largest absolute Gasteiger partial charge is 0.377 e. The van der Waals surface area contributed by atoms with E-state index in [1.165, 1.54) is 35.2 Å². The van der Waals surface area contributed by atoms with Crippen LogP contribution in [0.25, 0.3) is 0 Å². The van der Waals surface area contributed by atoms with E-state index >= 15 is 0 Å². The fourth-order valence-corrected chi connectivity index (χ4v) is 2.14. The van der Waals surface area contributed by atoms with Gasteiger partial charge in [-0.15, -0.1) is 0 Å². The van der Waals surface area contributed by atoms with Crippen LogP contribution in [-0.4, -0.2) is 19.6 Å². The highest BCUT2D eigenvalue weighted by atomic mass is 15.1. The van der Waals surface area contributed by atoms with Crippen LogP contribution in [0.1, 0.15) is 29.5 Å². The van der Waals surface area contributed by atoms with E-state index in [9.17, 15) is 0 Å². The van der Waals surface area contributed by atoms with Crippen molar-refractivity contribution in [3.63, 3.8) is 0 Å². The third-order valence-electron chi connectivity index (χ3n) is 3.61. The first-order chi connectivity index (χ1) is 7.41. The quantitative estimate of drug-likeness (QED) is 0.844. The minimum Gasteiger partial charge on any atom is -0.377 e. The van der Waals surface area contributed by atoms with Crippen molar-refractivity contribution in [3.8, 4) is 0 Å². The summed E-state index contributed by atoms with van der Waals surface area (Å²) in [4.78, 5) is 2.19. The van der Waals surface area contributed by atoms with Gasteiger partial charge in [0, 0.05) is 25.3 Å². The molecule has 0 amide bonds. The monoisotopic (exact) mass is 218 g/mol. The standard InChI is InChI=1S/C14H22N2/c1-10-7-12(9-14(15)5-6-14)13(16(3)4)8-11(10)2/h7-8H,5-6,9,15H2,1-4H3. The number of benzene rings is 1. The lowest BCUT2D eigenvalue weighted by atomic mass is 9.97. The molecular formula is C14H22N2. The molecule has 0 heterocycles. The zero-order valence-corrected chi connectivity index (χ0v) is 10.8. The maximum Gasteiger partial charge on any atom is 0.0397 e. The lowest BCUT2D eigenvalue weighted by Gasteiger charge is -2.21. The Morgan fingerprint density at radius 3 is 2.25 bits per heavy atom. The molecule has 1 saturated carbocycles. The molecule has 1 aliphatic rings. The fraction of sp³-hybridized carbons (Fsp3) is 0.571. The summed E-state index contributed by atoms with van der Waals surface area (Å²) in [6.07, 6.45) is 3.36. The van der Waals surface area contributed by atoms with Gasteiger partial charge in [0.2, 0.25) is 0 Å². The maximum absolute atomic E-state index is 6.22. The van der Waals surface area contributed by atoms with Crippen LogP contribution in [0.4, 0.5) is 5.69 Å². The number of hydrogen-bond acceptors (Lipinski definition) is 2. The summed E-state index contributed by atoms with van der Waals surface area (Å²) in [6.45, 7) is 4.34. The molecule has 1 aromatic rings. The molecule has 1 aliphatic carbocycles. The molecule has 2 heteroatoms. The molecule has 2 rings (SSSR count).